The van der Waals surface area contributed by atoms with Crippen molar-refractivity contribution < 1.29 is 9.90 Å². The summed E-state index contributed by atoms with van der Waals surface area (Å²) in [6.07, 6.45) is 0.306. The van der Waals surface area contributed by atoms with Crippen molar-refractivity contribution in [3.63, 3.8) is 0 Å². The lowest BCUT2D eigenvalue weighted by molar-refractivity contribution is 0.210. The lowest BCUT2D eigenvalue weighted by Gasteiger charge is -1.98. The summed E-state index contributed by atoms with van der Waals surface area (Å²) in [5, 5.41) is 10.7. The number of carboxylic acid groups (broad SMARTS) is 1. The van der Waals surface area contributed by atoms with Crippen molar-refractivity contribution in [3.8, 4) is 0 Å². The van der Waals surface area contributed by atoms with Crippen LogP contribution in [0.3, 0.4) is 0 Å². The van der Waals surface area contributed by atoms with Gasteiger partial charge in [-0.15, -0.1) is 0 Å². The van der Waals surface area contributed by atoms with E-state index in [4.69, 9.17) is 16.7 Å². The highest BCUT2D eigenvalue weighted by Gasteiger charge is 1.97. The molecule has 0 aliphatic heterocycles. The Bertz CT molecular complexity index is 277. The predicted octanol–water partition coefficient (Wildman–Crippen LogP) is 1.82. The van der Waals surface area contributed by atoms with Crippen LogP contribution in [0.4, 0.5) is 10.5 Å². The second-order valence-electron chi connectivity index (χ2n) is 1.80. The van der Waals surface area contributed by atoms with Crippen molar-refractivity contribution in [1.82, 2.24) is 4.98 Å². The van der Waals surface area contributed by atoms with E-state index in [1.807, 2.05) is 0 Å². The molecule has 0 saturated heterocycles. The Kier molecular flexibility index (Phi) is 2.28. The molecule has 0 fully saturated rings. The zero-order chi connectivity index (χ0) is 8.27. The molecule has 1 rings (SSSR count). The Morgan fingerprint density at radius 1 is 1.73 bits per heavy atom. The van der Waals surface area contributed by atoms with Crippen LogP contribution in [0.1, 0.15) is 0 Å². The molecule has 1 amide bonds. The molecule has 2 N–H and O–H groups in total. The van der Waals surface area contributed by atoms with E-state index in [1.165, 1.54) is 18.3 Å². The summed E-state index contributed by atoms with van der Waals surface area (Å²) in [6.45, 7) is 0. The first-order chi connectivity index (χ1) is 5.18. The average Bonchev–Trinajstić information content (AvgIpc) is 1.85. The zero-order valence-electron chi connectivity index (χ0n) is 5.41. The SMILES string of the molecule is O=C(O)Nc1ccnc(Cl)c1. The highest BCUT2D eigenvalue weighted by atomic mass is 35.5. The molecule has 4 nitrogen and oxygen atoms in total. The number of amides is 1. The van der Waals surface area contributed by atoms with Gasteiger partial charge in [-0.05, 0) is 12.1 Å². The minimum atomic E-state index is -1.12. The smallest absolute Gasteiger partial charge is 0.409 e. The molecule has 1 aromatic heterocycles. The second-order valence-corrected chi connectivity index (χ2v) is 2.18. The molecular weight excluding hydrogens is 168 g/mol. The van der Waals surface area contributed by atoms with Gasteiger partial charge in [0.25, 0.3) is 0 Å². The molecule has 0 radical (unpaired) electrons. The molecule has 0 unspecified atom stereocenters. The Balaban J connectivity index is 2.79. The molecule has 1 aromatic rings. The first kappa shape index (κ1) is 7.81. The molecular formula is C6H5ClN2O2. The van der Waals surface area contributed by atoms with Crippen LogP contribution in [0.5, 0.6) is 0 Å². The number of rotatable bonds is 1. The molecule has 0 spiro atoms. The number of halogens is 1. The lowest BCUT2D eigenvalue weighted by Crippen LogP contribution is -2.06. The Hall–Kier alpha value is -1.29. The summed E-state index contributed by atoms with van der Waals surface area (Å²) in [4.78, 5) is 13.8. The second kappa shape index (κ2) is 3.21. The number of aromatic nitrogens is 1. The van der Waals surface area contributed by atoms with Gasteiger partial charge >= 0.3 is 6.09 Å². The van der Waals surface area contributed by atoms with Crippen molar-refractivity contribution >= 4 is 23.4 Å². The number of nitrogens with zero attached hydrogens (tertiary/aromatic N) is 1. The van der Waals surface area contributed by atoms with Crippen LogP contribution in [0.25, 0.3) is 0 Å². The van der Waals surface area contributed by atoms with E-state index in [0.29, 0.717) is 5.69 Å². The van der Waals surface area contributed by atoms with Crippen LogP contribution < -0.4 is 5.32 Å². The Labute approximate surface area is 67.8 Å². The summed E-state index contributed by atoms with van der Waals surface area (Å²) >= 11 is 5.48. The third kappa shape index (κ3) is 2.43. The Morgan fingerprint density at radius 3 is 3.00 bits per heavy atom. The largest absolute Gasteiger partial charge is 0.465 e. The van der Waals surface area contributed by atoms with Crippen molar-refractivity contribution in [1.29, 1.82) is 0 Å². The van der Waals surface area contributed by atoms with Gasteiger partial charge < -0.3 is 5.11 Å². The topological polar surface area (TPSA) is 62.2 Å². The molecule has 5 heteroatoms. The third-order valence-electron chi connectivity index (χ3n) is 0.978. The van der Waals surface area contributed by atoms with Crippen LogP contribution in [0.15, 0.2) is 18.3 Å². The maximum atomic E-state index is 10.1. The maximum absolute atomic E-state index is 10.1. The van der Waals surface area contributed by atoms with E-state index in [-0.39, 0.29) is 5.15 Å². The van der Waals surface area contributed by atoms with Gasteiger partial charge in [0, 0.05) is 11.9 Å². The van der Waals surface area contributed by atoms with Crippen LogP contribution in [-0.4, -0.2) is 16.2 Å². The van der Waals surface area contributed by atoms with Gasteiger partial charge in [0.05, 0.1) is 0 Å². The minimum absolute atomic E-state index is 0.260. The normalized spacial score (nSPS) is 9.18. The number of nitrogens with one attached hydrogen (secondary N) is 1. The number of pyridine rings is 1. The van der Waals surface area contributed by atoms with Crippen LogP contribution >= 0.6 is 11.6 Å². The van der Waals surface area contributed by atoms with Crippen molar-refractivity contribution in [2.24, 2.45) is 0 Å². The van der Waals surface area contributed by atoms with Gasteiger partial charge in [0.1, 0.15) is 5.15 Å². The molecule has 0 aliphatic carbocycles. The molecule has 1 heterocycles. The van der Waals surface area contributed by atoms with E-state index in [9.17, 15) is 4.79 Å². The van der Waals surface area contributed by atoms with E-state index >= 15 is 0 Å². The lowest BCUT2D eigenvalue weighted by atomic mass is 10.4. The summed E-state index contributed by atoms with van der Waals surface area (Å²) in [7, 11) is 0. The quantitative estimate of drug-likeness (QED) is 0.636. The molecule has 0 aromatic carbocycles. The number of anilines is 1. The highest BCUT2D eigenvalue weighted by molar-refractivity contribution is 6.29. The third-order valence-corrected chi connectivity index (χ3v) is 1.18. The Morgan fingerprint density at radius 2 is 2.45 bits per heavy atom. The summed E-state index contributed by atoms with van der Waals surface area (Å²) in [5.74, 6) is 0. The first-order valence-electron chi connectivity index (χ1n) is 2.80. The van der Waals surface area contributed by atoms with Gasteiger partial charge in [0.2, 0.25) is 0 Å². The molecule has 0 aliphatic rings. The van der Waals surface area contributed by atoms with E-state index in [1.54, 1.807) is 0 Å². The van der Waals surface area contributed by atoms with Crippen molar-refractivity contribution in [2.75, 3.05) is 5.32 Å². The van der Waals surface area contributed by atoms with Crippen LogP contribution in [0.2, 0.25) is 5.15 Å². The van der Waals surface area contributed by atoms with E-state index < -0.39 is 6.09 Å². The standard InChI is InChI=1S/C6H5ClN2O2/c7-5-3-4(1-2-8-5)9-6(10)11/h1-3H,(H,8,9)(H,10,11). The number of hydrogen-bond acceptors (Lipinski definition) is 2. The summed E-state index contributed by atoms with van der Waals surface area (Å²) < 4.78 is 0. The molecule has 58 valence electrons. The molecule has 11 heavy (non-hydrogen) atoms. The first-order valence-corrected chi connectivity index (χ1v) is 3.18. The molecule has 0 bridgehead atoms. The summed E-state index contributed by atoms with van der Waals surface area (Å²) in [5.41, 5.74) is 0.414. The van der Waals surface area contributed by atoms with Crippen LogP contribution in [0, 0.1) is 0 Å². The van der Waals surface area contributed by atoms with Crippen LogP contribution in [-0.2, 0) is 0 Å². The predicted molar refractivity (Wildman–Crippen MR) is 40.9 cm³/mol. The highest BCUT2D eigenvalue weighted by Crippen LogP contribution is 2.11. The van der Waals surface area contributed by atoms with Crippen molar-refractivity contribution in [2.45, 2.75) is 0 Å². The van der Waals surface area contributed by atoms with Gasteiger partial charge in [0.15, 0.2) is 0 Å². The summed E-state index contributed by atoms with van der Waals surface area (Å²) in [6, 6.07) is 2.94. The van der Waals surface area contributed by atoms with Gasteiger partial charge in [-0.25, -0.2) is 9.78 Å². The average molecular weight is 173 g/mol. The van der Waals surface area contributed by atoms with Gasteiger partial charge in [-0.1, -0.05) is 11.6 Å². The molecule has 0 saturated carbocycles. The van der Waals surface area contributed by atoms with Crippen molar-refractivity contribution in [3.05, 3.63) is 23.5 Å². The van der Waals surface area contributed by atoms with E-state index in [0.717, 1.165) is 0 Å². The monoisotopic (exact) mass is 172 g/mol. The fourth-order valence-corrected chi connectivity index (χ4v) is 0.778. The van der Waals surface area contributed by atoms with Gasteiger partial charge in [-0.3, -0.25) is 5.32 Å². The zero-order valence-corrected chi connectivity index (χ0v) is 6.17. The maximum Gasteiger partial charge on any atom is 0.409 e. The van der Waals surface area contributed by atoms with Gasteiger partial charge in [-0.2, -0.15) is 0 Å². The minimum Gasteiger partial charge on any atom is -0.465 e. The number of hydrogen-bond donors (Lipinski definition) is 2. The molecule has 0 atom stereocenters. The number of carbonyl (C=O) groups is 1. The van der Waals surface area contributed by atoms with E-state index in [2.05, 4.69) is 10.3 Å². The fourth-order valence-electron chi connectivity index (χ4n) is 0.604. The fraction of sp³-hybridized carbons (Fsp3) is 0.